The fraction of sp³-hybridized carbons (Fsp3) is 0.200. The molecule has 0 atom stereocenters. The minimum atomic E-state index is 0.277. The summed E-state index contributed by atoms with van der Waals surface area (Å²) in [5, 5.41) is 12.5. The van der Waals surface area contributed by atoms with Gasteiger partial charge in [-0.05, 0) is 48.9 Å². The molecular weight excluding hydrogens is 226 g/mol. The first-order valence-corrected chi connectivity index (χ1v) is 6.02. The molecule has 0 unspecified atom stereocenters. The van der Waals surface area contributed by atoms with E-state index in [0.29, 0.717) is 6.61 Å². The van der Waals surface area contributed by atoms with Crippen LogP contribution in [0.4, 0.5) is 5.69 Å². The Bertz CT molecular complexity index is 494. The number of nitrogens with one attached hydrogen (secondary N) is 1. The fourth-order valence-electron chi connectivity index (χ4n) is 1.70. The summed E-state index contributed by atoms with van der Waals surface area (Å²) in [6, 6.07) is 15.0. The molecule has 2 rings (SSSR count). The maximum atomic E-state index is 9.19. The first-order chi connectivity index (χ1) is 8.78. The second kappa shape index (κ2) is 5.96. The maximum absolute atomic E-state index is 9.19. The van der Waals surface area contributed by atoms with Gasteiger partial charge in [0.05, 0.1) is 6.61 Å². The molecule has 0 saturated heterocycles. The Labute approximate surface area is 107 Å². The molecule has 94 valence electrons. The highest BCUT2D eigenvalue weighted by atomic mass is 16.5. The molecule has 0 saturated carbocycles. The number of benzene rings is 2. The Kier molecular flexibility index (Phi) is 4.07. The van der Waals surface area contributed by atoms with E-state index < -0.39 is 0 Å². The molecule has 18 heavy (non-hydrogen) atoms. The van der Waals surface area contributed by atoms with Gasteiger partial charge in [0.15, 0.2) is 0 Å². The van der Waals surface area contributed by atoms with E-state index in [1.165, 1.54) is 0 Å². The van der Waals surface area contributed by atoms with E-state index in [1.807, 2.05) is 37.3 Å². The summed E-state index contributed by atoms with van der Waals surface area (Å²) in [5.41, 5.74) is 2.14. The number of phenols is 1. The van der Waals surface area contributed by atoms with Gasteiger partial charge in [-0.15, -0.1) is 0 Å². The number of aromatic hydroxyl groups is 1. The first-order valence-electron chi connectivity index (χ1n) is 6.02. The molecule has 0 aliphatic rings. The lowest BCUT2D eigenvalue weighted by molar-refractivity contribution is 0.340. The van der Waals surface area contributed by atoms with Crippen LogP contribution in [0.5, 0.6) is 11.5 Å². The van der Waals surface area contributed by atoms with Gasteiger partial charge in [0.1, 0.15) is 11.5 Å². The highest BCUT2D eigenvalue weighted by Gasteiger charge is 1.97. The van der Waals surface area contributed by atoms with Crippen LogP contribution >= 0.6 is 0 Å². The maximum Gasteiger partial charge on any atom is 0.119 e. The van der Waals surface area contributed by atoms with Crippen LogP contribution in [0.15, 0.2) is 48.5 Å². The molecule has 0 aromatic heterocycles. The zero-order valence-electron chi connectivity index (χ0n) is 10.4. The Morgan fingerprint density at radius 1 is 1.11 bits per heavy atom. The third kappa shape index (κ3) is 3.42. The Balaban J connectivity index is 1.97. The number of phenolic OH excluding ortho intramolecular Hbond substituents is 1. The zero-order valence-corrected chi connectivity index (χ0v) is 10.4. The molecule has 2 aromatic rings. The summed E-state index contributed by atoms with van der Waals surface area (Å²) in [6.07, 6.45) is 0. The summed E-state index contributed by atoms with van der Waals surface area (Å²) in [6.45, 7) is 3.38. The van der Waals surface area contributed by atoms with Gasteiger partial charge in [-0.2, -0.15) is 0 Å². The highest BCUT2D eigenvalue weighted by Crippen LogP contribution is 2.17. The Hall–Kier alpha value is -2.16. The molecule has 3 heteroatoms. The summed E-state index contributed by atoms with van der Waals surface area (Å²) < 4.78 is 5.45. The van der Waals surface area contributed by atoms with E-state index in [4.69, 9.17) is 4.74 Å². The quantitative estimate of drug-likeness (QED) is 0.791. The van der Waals surface area contributed by atoms with E-state index in [9.17, 15) is 5.11 Å². The van der Waals surface area contributed by atoms with Gasteiger partial charge in [0, 0.05) is 12.2 Å². The number of hydrogen-bond donors (Lipinski definition) is 2. The zero-order chi connectivity index (χ0) is 12.8. The summed E-state index contributed by atoms with van der Waals surface area (Å²) in [4.78, 5) is 0. The number of hydrogen-bond acceptors (Lipinski definition) is 3. The summed E-state index contributed by atoms with van der Waals surface area (Å²) >= 11 is 0. The fourth-order valence-corrected chi connectivity index (χ4v) is 1.70. The van der Waals surface area contributed by atoms with Crippen LogP contribution < -0.4 is 10.1 Å². The van der Waals surface area contributed by atoms with Gasteiger partial charge < -0.3 is 15.2 Å². The first kappa shape index (κ1) is 12.3. The lowest BCUT2D eigenvalue weighted by Crippen LogP contribution is -2.00. The second-order valence-corrected chi connectivity index (χ2v) is 3.98. The topological polar surface area (TPSA) is 41.5 Å². The average Bonchev–Trinajstić information content (AvgIpc) is 2.39. The average molecular weight is 243 g/mol. The van der Waals surface area contributed by atoms with Crippen LogP contribution in [-0.4, -0.2) is 11.7 Å². The van der Waals surface area contributed by atoms with Crippen molar-refractivity contribution in [2.45, 2.75) is 13.5 Å². The van der Waals surface area contributed by atoms with E-state index in [1.54, 1.807) is 12.1 Å². The van der Waals surface area contributed by atoms with Gasteiger partial charge in [-0.1, -0.05) is 12.1 Å². The van der Waals surface area contributed by atoms with Crippen LogP contribution in [0.1, 0.15) is 12.5 Å². The predicted octanol–water partition coefficient (Wildman–Crippen LogP) is 3.40. The minimum absolute atomic E-state index is 0.277. The molecule has 2 N–H and O–H groups in total. The van der Waals surface area contributed by atoms with Gasteiger partial charge in [-0.3, -0.25) is 0 Å². The van der Waals surface area contributed by atoms with E-state index in [2.05, 4.69) is 11.4 Å². The van der Waals surface area contributed by atoms with E-state index in [0.717, 1.165) is 23.5 Å². The Morgan fingerprint density at radius 3 is 2.61 bits per heavy atom. The summed E-state index contributed by atoms with van der Waals surface area (Å²) in [5.74, 6) is 1.17. The molecule has 0 spiro atoms. The lowest BCUT2D eigenvalue weighted by Gasteiger charge is -2.08. The van der Waals surface area contributed by atoms with Gasteiger partial charge in [0.2, 0.25) is 0 Å². The highest BCUT2D eigenvalue weighted by molar-refractivity contribution is 5.46. The van der Waals surface area contributed by atoms with Crippen molar-refractivity contribution < 1.29 is 9.84 Å². The van der Waals surface area contributed by atoms with Crippen molar-refractivity contribution in [1.29, 1.82) is 0 Å². The van der Waals surface area contributed by atoms with Crippen molar-refractivity contribution in [3.63, 3.8) is 0 Å². The molecule has 0 bridgehead atoms. The van der Waals surface area contributed by atoms with Crippen LogP contribution in [-0.2, 0) is 6.54 Å². The van der Waals surface area contributed by atoms with Crippen LogP contribution in [0.3, 0.4) is 0 Å². The lowest BCUT2D eigenvalue weighted by atomic mass is 10.2. The second-order valence-electron chi connectivity index (χ2n) is 3.98. The van der Waals surface area contributed by atoms with Gasteiger partial charge >= 0.3 is 0 Å². The third-order valence-corrected chi connectivity index (χ3v) is 2.57. The molecule has 0 heterocycles. The molecule has 0 aliphatic heterocycles. The van der Waals surface area contributed by atoms with Crippen molar-refractivity contribution in [2.75, 3.05) is 11.9 Å². The molecule has 0 radical (unpaired) electrons. The minimum Gasteiger partial charge on any atom is -0.508 e. The number of rotatable bonds is 5. The van der Waals surface area contributed by atoms with E-state index in [-0.39, 0.29) is 5.75 Å². The molecule has 0 amide bonds. The van der Waals surface area contributed by atoms with Crippen molar-refractivity contribution in [1.82, 2.24) is 0 Å². The molecule has 0 aliphatic carbocycles. The smallest absolute Gasteiger partial charge is 0.119 e. The largest absolute Gasteiger partial charge is 0.508 e. The number of ether oxygens (including phenoxy) is 1. The standard InChI is InChI=1S/C15H17NO2/c1-2-18-15-5-3-4-12(10-15)11-16-13-6-8-14(17)9-7-13/h3-10,16-17H,2,11H2,1H3. The van der Waals surface area contributed by atoms with Crippen molar-refractivity contribution in [2.24, 2.45) is 0 Å². The SMILES string of the molecule is CCOc1cccc(CNc2ccc(O)cc2)c1. The van der Waals surface area contributed by atoms with Crippen molar-refractivity contribution in [3.05, 3.63) is 54.1 Å². The molecule has 0 fully saturated rings. The number of anilines is 1. The molecular formula is C15H17NO2. The Morgan fingerprint density at radius 2 is 1.89 bits per heavy atom. The van der Waals surface area contributed by atoms with Crippen LogP contribution in [0, 0.1) is 0 Å². The summed E-state index contributed by atoms with van der Waals surface area (Å²) in [7, 11) is 0. The van der Waals surface area contributed by atoms with Crippen molar-refractivity contribution in [3.8, 4) is 11.5 Å². The van der Waals surface area contributed by atoms with Gasteiger partial charge in [0.25, 0.3) is 0 Å². The molecule has 2 aromatic carbocycles. The molecule has 3 nitrogen and oxygen atoms in total. The van der Waals surface area contributed by atoms with Gasteiger partial charge in [-0.25, -0.2) is 0 Å². The third-order valence-electron chi connectivity index (χ3n) is 2.57. The predicted molar refractivity (Wildman–Crippen MR) is 73.0 cm³/mol. The van der Waals surface area contributed by atoms with Crippen LogP contribution in [0.25, 0.3) is 0 Å². The van der Waals surface area contributed by atoms with Crippen LogP contribution in [0.2, 0.25) is 0 Å². The monoisotopic (exact) mass is 243 g/mol. The van der Waals surface area contributed by atoms with Crippen molar-refractivity contribution >= 4 is 5.69 Å². The van der Waals surface area contributed by atoms with E-state index >= 15 is 0 Å². The normalized spacial score (nSPS) is 10.1.